The van der Waals surface area contributed by atoms with Gasteiger partial charge in [0.25, 0.3) is 0 Å². The molecule has 4 nitrogen and oxygen atoms in total. The summed E-state index contributed by atoms with van der Waals surface area (Å²) in [7, 11) is 0. The Balaban J connectivity index is 1.69. The number of rotatable bonds is 6. The number of carbonyl (C=O) groups is 1. The lowest BCUT2D eigenvalue weighted by Gasteiger charge is -2.40. The number of likely N-dealkylation sites (tertiary alicyclic amines) is 2. The molecule has 122 valence electrons. The molecule has 2 rings (SSSR count). The van der Waals surface area contributed by atoms with Crippen LogP contribution in [0, 0.1) is 5.92 Å². The number of hydrogen-bond acceptors (Lipinski definition) is 3. The van der Waals surface area contributed by atoms with E-state index in [0.29, 0.717) is 17.9 Å². The zero-order valence-corrected chi connectivity index (χ0v) is 13.8. The van der Waals surface area contributed by atoms with Crippen LogP contribution in [0.15, 0.2) is 0 Å². The van der Waals surface area contributed by atoms with Gasteiger partial charge in [-0.05, 0) is 44.4 Å². The van der Waals surface area contributed by atoms with Crippen LogP contribution in [-0.2, 0) is 4.79 Å². The lowest BCUT2D eigenvalue weighted by atomic mass is 9.98. The predicted octanol–water partition coefficient (Wildman–Crippen LogP) is 2.26. The summed E-state index contributed by atoms with van der Waals surface area (Å²) in [5, 5.41) is 10.1. The smallest absolute Gasteiger partial charge is 0.222 e. The van der Waals surface area contributed by atoms with Crippen LogP contribution in [-0.4, -0.2) is 59.1 Å². The average molecular weight is 296 g/mol. The lowest BCUT2D eigenvalue weighted by molar-refractivity contribution is -0.136. The molecule has 0 aromatic heterocycles. The number of aliphatic hydroxyl groups is 1. The van der Waals surface area contributed by atoms with Gasteiger partial charge in [0.15, 0.2) is 0 Å². The van der Waals surface area contributed by atoms with Gasteiger partial charge in [0.1, 0.15) is 0 Å². The van der Waals surface area contributed by atoms with Gasteiger partial charge in [0.05, 0.1) is 6.10 Å². The van der Waals surface area contributed by atoms with Crippen LogP contribution in [0.5, 0.6) is 0 Å². The van der Waals surface area contributed by atoms with E-state index in [2.05, 4.69) is 23.6 Å². The van der Waals surface area contributed by atoms with Crippen LogP contribution in [0.4, 0.5) is 0 Å². The Morgan fingerprint density at radius 3 is 2.48 bits per heavy atom. The second-order valence-electron chi connectivity index (χ2n) is 7.20. The van der Waals surface area contributed by atoms with Gasteiger partial charge in [0, 0.05) is 38.6 Å². The minimum atomic E-state index is -0.194. The van der Waals surface area contributed by atoms with E-state index in [1.54, 1.807) is 0 Å². The molecule has 2 saturated heterocycles. The Bertz CT molecular complexity index is 325. The summed E-state index contributed by atoms with van der Waals surface area (Å²) in [4.78, 5) is 16.5. The van der Waals surface area contributed by atoms with Gasteiger partial charge >= 0.3 is 0 Å². The van der Waals surface area contributed by atoms with E-state index in [9.17, 15) is 9.90 Å². The van der Waals surface area contributed by atoms with Crippen LogP contribution >= 0.6 is 0 Å². The van der Waals surface area contributed by atoms with Crippen molar-refractivity contribution in [3.8, 4) is 0 Å². The molecule has 1 atom stereocenters. The summed E-state index contributed by atoms with van der Waals surface area (Å²) in [6.07, 6.45) is 6.93. The van der Waals surface area contributed by atoms with Crippen LogP contribution in [0.25, 0.3) is 0 Å². The molecule has 0 unspecified atom stereocenters. The fourth-order valence-corrected chi connectivity index (χ4v) is 3.54. The summed E-state index contributed by atoms with van der Waals surface area (Å²) in [5.41, 5.74) is 0. The molecule has 0 aromatic carbocycles. The Kier molecular flexibility index (Phi) is 6.49. The van der Waals surface area contributed by atoms with Crippen molar-refractivity contribution in [2.45, 2.75) is 70.9 Å². The Morgan fingerprint density at radius 2 is 1.86 bits per heavy atom. The summed E-state index contributed by atoms with van der Waals surface area (Å²) >= 11 is 0. The van der Waals surface area contributed by atoms with Crippen LogP contribution in [0.1, 0.15) is 58.8 Å². The van der Waals surface area contributed by atoms with Crippen molar-refractivity contribution in [3.63, 3.8) is 0 Å². The Morgan fingerprint density at radius 1 is 1.14 bits per heavy atom. The van der Waals surface area contributed by atoms with Crippen molar-refractivity contribution in [2.75, 3.05) is 26.2 Å². The van der Waals surface area contributed by atoms with E-state index < -0.39 is 0 Å². The molecule has 2 aliphatic heterocycles. The number of nitrogens with zero attached hydrogens (tertiary/aromatic N) is 2. The van der Waals surface area contributed by atoms with Gasteiger partial charge in [-0.1, -0.05) is 13.8 Å². The lowest BCUT2D eigenvalue weighted by Crippen LogP contribution is -2.50. The Labute approximate surface area is 129 Å². The summed E-state index contributed by atoms with van der Waals surface area (Å²) < 4.78 is 0. The number of hydrogen-bond donors (Lipinski definition) is 1. The zero-order chi connectivity index (χ0) is 15.2. The minimum Gasteiger partial charge on any atom is -0.392 e. The van der Waals surface area contributed by atoms with Crippen molar-refractivity contribution in [3.05, 3.63) is 0 Å². The number of piperidine rings is 2. The SMILES string of the molecule is CC(C)CC[C@@H](O)CN1CCC(N2CCCCC2=O)CC1. The van der Waals surface area contributed by atoms with Gasteiger partial charge < -0.3 is 14.9 Å². The fraction of sp³-hybridized carbons (Fsp3) is 0.941. The number of aliphatic hydroxyl groups excluding tert-OH is 1. The van der Waals surface area contributed by atoms with E-state index in [1.807, 2.05) is 0 Å². The molecule has 1 N–H and O–H groups in total. The first-order valence-electron chi connectivity index (χ1n) is 8.76. The van der Waals surface area contributed by atoms with Crippen molar-refractivity contribution in [2.24, 2.45) is 5.92 Å². The van der Waals surface area contributed by atoms with Crippen LogP contribution < -0.4 is 0 Å². The molecule has 1 amide bonds. The molecular formula is C17H32N2O2. The fourth-order valence-electron chi connectivity index (χ4n) is 3.54. The van der Waals surface area contributed by atoms with Crippen molar-refractivity contribution >= 4 is 5.91 Å². The van der Waals surface area contributed by atoms with Gasteiger partial charge in [-0.15, -0.1) is 0 Å². The third-order valence-electron chi connectivity index (χ3n) is 4.90. The van der Waals surface area contributed by atoms with E-state index in [4.69, 9.17) is 0 Å². The van der Waals surface area contributed by atoms with Crippen molar-refractivity contribution < 1.29 is 9.90 Å². The highest BCUT2D eigenvalue weighted by Gasteiger charge is 2.29. The number of β-amino-alcohol motifs (C(OH)–C–C–N with tert-alkyl or cyclic N) is 1. The third kappa shape index (κ3) is 5.26. The maximum atomic E-state index is 12.0. The van der Waals surface area contributed by atoms with Gasteiger partial charge in [-0.3, -0.25) is 4.79 Å². The molecule has 0 bridgehead atoms. The van der Waals surface area contributed by atoms with Gasteiger partial charge in [0.2, 0.25) is 5.91 Å². The van der Waals surface area contributed by atoms with Crippen molar-refractivity contribution in [1.29, 1.82) is 0 Å². The first-order valence-corrected chi connectivity index (χ1v) is 8.76. The summed E-state index contributed by atoms with van der Waals surface area (Å²) in [6, 6.07) is 0.446. The normalized spacial score (nSPS) is 23.8. The molecule has 21 heavy (non-hydrogen) atoms. The van der Waals surface area contributed by atoms with Crippen molar-refractivity contribution in [1.82, 2.24) is 9.80 Å². The monoisotopic (exact) mass is 296 g/mol. The average Bonchev–Trinajstić information content (AvgIpc) is 2.47. The highest BCUT2D eigenvalue weighted by molar-refractivity contribution is 5.77. The van der Waals surface area contributed by atoms with Gasteiger partial charge in [-0.2, -0.15) is 0 Å². The standard InChI is InChI=1S/C17H32N2O2/c1-14(2)6-7-16(20)13-18-11-8-15(9-12-18)19-10-4-3-5-17(19)21/h14-16,20H,3-13H2,1-2H3/t16-/m1/s1. The first kappa shape index (κ1) is 16.8. The molecule has 2 aliphatic rings. The second-order valence-corrected chi connectivity index (χ2v) is 7.20. The molecule has 0 aromatic rings. The van der Waals surface area contributed by atoms with Crippen LogP contribution in [0.2, 0.25) is 0 Å². The highest BCUT2D eigenvalue weighted by atomic mass is 16.3. The van der Waals surface area contributed by atoms with E-state index in [1.165, 1.54) is 6.42 Å². The van der Waals surface area contributed by atoms with Gasteiger partial charge in [-0.25, -0.2) is 0 Å². The zero-order valence-electron chi connectivity index (χ0n) is 13.8. The molecule has 0 saturated carbocycles. The van der Waals surface area contributed by atoms with Crippen LogP contribution in [0.3, 0.4) is 0 Å². The molecule has 0 aliphatic carbocycles. The quantitative estimate of drug-likeness (QED) is 0.817. The maximum Gasteiger partial charge on any atom is 0.222 e. The molecule has 2 heterocycles. The molecule has 4 heteroatoms. The predicted molar refractivity (Wildman–Crippen MR) is 85.1 cm³/mol. The molecule has 0 radical (unpaired) electrons. The highest BCUT2D eigenvalue weighted by Crippen LogP contribution is 2.22. The Hall–Kier alpha value is -0.610. The minimum absolute atomic E-state index is 0.194. The summed E-state index contributed by atoms with van der Waals surface area (Å²) in [5.74, 6) is 1.02. The van der Waals surface area contributed by atoms with E-state index >= 15 is 0 Å². The molecular weight excluding hydrogens is 264 g/mol. The topological polar surface area (TPSA) is 43.8 Å². The largest absolute Gasteiger partial charge is 0.392 e. The first-order chi connectivity index (χ1) is 10.1. The molecule has 0 spiro atoms. The maximum absolute atomic E-state index is 12.0. The third-order valence-corrected chi connectivity index (χ3v) is 4.90. The second kappa shape index (κ2) is 8.14. The van der Waals surface area contributed by atoms with E-state index in [0.717, 1.165) is 64.7 Å². The number of amides is 1. The summed E-state index contributed by atoms with van der Waals surface area (Å²) in [6.45, 7) is 8.20. The molecule has 2 fully saturated rings. The van der Waals surface area contributed by atoms with E-state index in [-0.39, 0.29) is 6.10 Å². The number of carbonyl (C=O) groups excluding carboxylic acids is 1.